The highest BCUT2D eigenvalue weighted by atomic mass is 79.9. The smallest absolute Gasteiger partial charge is 0.127 e. The van der Waals surface area contributed by atoms with Crippen molar-refractivity contribution in [3.63, 3.8) is 0 Å². The number of hydrogen-bond donors (Lipinski definition) is 0. The molecule has 0 aliphatic heterocycles. The van der Waals surface area contributed by atoms with Gasteiger partial charge in [-0.3, -0.25) is 0 Å². The third kappa shape index (κ3) is 2.71. The number of alkyl halides is 1. The van der Waals surface area contributed by atoms with Gasteiger partial charge in [0, 0.05) is 9.85 Å². The molecule has 0 radical (unpaired) electrons. The maximum absolute atomic E-state index is 13.1. The summed E-state index contributed by atoms with van der Waals surface area (Å²) in [6, 6.07) is 3.20. The zero-order chi connectivity index (χ0) is 10.7. The second kappa shape index (κ2) is 5.13. The Balaban J connectivity index is 3.02. The Morgan fingerprint density at radius 3 is 2.71 bits per heavy atom. The van der Waals surface area contributed by atoms with Gasteiger partial charge in [0.1, 0.15) is 5.82 Å². The van der Waals surface area contributed by atoms with Crippen LogP contribution in [0.1, 0.15) is 35.7 Å². The molecule has 1 unspecified atom stereocenters. The molecule has 0 N–H and O–H groups in total. The van der Waals surface area contributed by atoms with Gasteiger partial charge in [-0.1, -0.05) is 46.9 Å². The second-order valence-electron chi connectivity index (χ2n) is 3.38. The average Bonchev–Trinajstić information content (AvgIpc) is 2.11. The molecule has 1 rings (SSSR count). The predicted octanol–water partition coefficient (Wildman–Crippen LogP) is 5.02. The Morgan fingerprint density at radius 1 is 1.50 bits per heavy atom. The predicted molar refractivity (Wildman–Crippen MR) is 62.7 cm³/mol. The standard InChI is InChI=1S/C11H13BrClF/c1-3-4-9(12)8-5-7(2)11(14)6-10(8)13/h5-6,9H,3-4H2,1-2H3. The molecule has 0 aliphatic carbocycles. The lowest BCUT2D eigenvalue weighted by Crippen LogP contribution is -1.94. The molecule has 0 heterocycles. The molecule has 1 aromatic rings. The summed E-state index contributed by atoms with van der Waals surface area (Å²) in [7, 11) is 0. The summed E-state index contributed by atoms with van der Waals surface area (Å²) >= 11 is 9.51. The van der Waals surface area contributed by atoms with Gasteiger partial charge in [-0.15, -0.1) is 0 Å². The van der Waals surface area contributed by atoms with Crippen molar-refractivity contribution in [2.75, 3.05) is 0 Å². The summed E-state index contributed by atoms with van der Waals surface area (Å²) in [6.07, 6.45) is 2.08. The molecule has 3 heteroatoms. The van der Waals surface area contributed by atoms with Crippen LogP contribution in [0.25, 0.3) is 0 Å². The maximum Gasteiger partial charge on any atom is 0.127 e. The van der Waals surface area contributed by atoms with Gasteiger partial charge in [-0.2, -0.15) is 0 Å². The first-order chi connectivity index (χ1) is 6.56. The summed E-state index contributed by atoms with van der Waals surface area (Å²) in [5.41, 5.74) is 1.62. The van der Waals surface area contributed by atoms with Crippen LogP contribution >= 0.6 is 27.5 Å². The number of aryl methyl sites for hydroxylation is 1. The van der Waals surface area contributed by atoms with Crippen molar-refractivity contribution >= 4 is 27.5 Å². The van der Waals surface area contributed by atoms with Crippen LogP contribution in [0.3, 0.4) is 0 Å². The van der Waals surface area contributed by atoms with Crippen LogP contribution in [0.5, 0.6) is 0 Å². The molecule has 0 aliphatic rings. The van der Waals surface area contributed by atoms with E-state index in [0.29, 0.717) is 10.6 Å². The minimum Gasteiger partial charge on any atom is -0.207 e. The molecular formula is C11H13BrClF. The molecule has 0 bridgehead atoms. The zero-order valence-electron chi connectivity index (χ0n) is 8.28. The number of halogens is 3. The van der Waals surface area contributed by atoms with E-state index < -0.39 is 0 Å². The van der Waals surface area contributed by atoms with Crippen molar-refractivity contribution < 1.29 is 4.39 Å². The maximum atomic E-state index is 13.1. The Morgan fingerprint density at radius 2 is 2.14 bits per heavy atom. The lowest BCUT2D eigenvalue weighted by molar-refractivity contribution is 0.617. The van der Waals surface area contributed by atoms with Gasteiger partial charge in [0.15, 0.2) is 0 Å². The van der Waals surface area contributed by atoms with Crippen LogP contribution < -0.4 is 0 Å². The van der Waals surface area contributed by atoms with Gasteiger partial charge in [0.2, 0.25) is 0 Å². The first-order valence-corrected chi connectivity index (χ1v) is 5.95. The fourth-order valence-corrected chi connectivity index (χ4v) is 2.58. The van der Waals surface area contributed by atoms with Gasteiger partial charge < -0.3 is 0 Å². The summed E-state index contributed by atoms with van der Waals surface area (Å²) < 4.78 is 13.1. The van der Waals surface area contributed by atoms with Gasteiger partial charge in [0.25, 0.3) is 0 Å². The minimum atomic E-state index is -0.241. The van der Waals surface area contributed by atoms with Crippen molar-refractivity contribution in [3.8, 4) is 0 Å². The number of benzene rings is 1. The molecule has 1 atom stereocenters. The SMILES string of the molecule is CCCC(Br)c1cc(C)c(F)cc1Cl. The molecule has 14 heavy (non-hydrogen) atoms. The lowest BCUT2D eigenvalue weighted by atomic mass is 10.1. The molecule has 1 aromatic carbocycles. The molecule has 0 amide bonds. The van der Waals surface area contributed by atoms with Crippen LogP contribution in [0, 0.1) is 12.7 Å². The number of rotatable bonds is 3. The normalized spacial score (nSPS) is 12.9. The van der Waals surface area contributed by atoms with E-state index in [1.54, 1.807) is 6.92 Å². The highest BCUT2D eigenvalue weighted by molar-refractivity contribution is 9.09. The van der Waals surface area contributed by atoms with E-state index in [2.05, 4.69) is 22.9 Å². The third-order valence-corrected chi connectivity index (χ3v) is 3.44. The first-order valence-electron chi connectivity index (χ1n) is 4.65. The molecule has 0 aromatic heterocycles. The monoisotopic (exact) mass is 278 g/mol. The van der Waals surface area contributed by atoms with E-state index >= 15 is 0 Å². The van der Waals surface area contributed by atoms with E-state index in [4.69, 9.17) is 11.6 Å². The zero-order valence-corrected chi connectivity index (χ0v) is 10.6. The summed E-state index contributed by atoms with van der Waals surface area (Å²) in [4.78, 5) is 0.222. The number of hydrogen-bond acceptors (Lipinski definition) is 0. The van der Waals surface area contributed by atoms with Crippen molar-refractivity contribution in [3.05, 3.63) is 34.1 Å². The van der Waals surface area contributed by atoms with Crippen LogP contribution in [0.15, 0.2) is 12.1 Å². The van der Waals surface area contributed by atoms with Crippen molar-refractivity contribution in [1.82, 2.24) is 0 Å². The highest BCUT2D eigenvalue weighted by Gasteiger charge is 2.12. The Hall–Kier alpha value is -0.0800. The van der Waals surface area contributed by atoms with Gasteiger partial charge in [-0.25, -0.2) is 4.39 Å². The third-order valence-electron chi connectivity index (χ3n) is 2.16. The molecule has 78 valence electrons. The fourth-order valence-electron chi connectivity index (χ4n) is 1.33. The summed E-state index contributed by atoms with van der Waals surface area (Å²) in [5.74, 6) is -0.241. The van der Waals surface area contributed by atoms with Crippen LogP contribution in [0.4, 0.5) is 4.39 Å². The molecule has 0 saturated carbocycles. The van der Waals surface area contributed by atoms with E-state index in [-0.39, 0.29) is 10.6 Å². The quantitative estimate of drug-likeness (QED) is 0.681. The van der Waals surface area contributed by atoms with Crippen molar-refractivity contribution in [2.24, 2.45) is 0 Å². The lowest BCUT2D eigenvalue weighted by Gasteiger charge is -2.12. The highest BCUT2D eigenvalue weighted by Crippen LogP contribution is 2.34. The van der Waals surface area contributed by atoms with Gasteiger partial charge >= 0.3 is 0 Å². The van der Waals surface area contributed by atoms with E-state index in [9.17, 15) is 4.39 Å². The van der Waals surface area contributed by atoms with E-state index in [1.165, 1.54) is 6.07 Å². The fraction of sp³-hybridized carbons (Fsp3) is 0.455. The average molecular weight is 280 g/mol. The van der Waals surface area contributed by atoms with Crippen LogP contribution in [0.2, 0.25) is 5.02 Å². The van der Waals surface area contributed by atoms with Crippen LogP contribution in [-0.4, -0.2) is 0 Å². The topological polar surface area (TPSA) is 0 Å². The van der Waals surface area contributed by atoms with Crippen molar-refractivity contribution in [2.45, 2.75) is 31.5 Å². The van der Waals surface area contributed by atoms with Crippen molar-refractivity contribution in [1.29, 1.82) is 0 Å². The largest absolute Gasteiger partial charge is 0.207 e. The van der Waals surface area contributed by atoms with Gasteiger partial charge in [0.05, 0.1) is 0 Å². The summed E-state index contributed by atoms with van der Waals surface area (Å²) in [5, 5.41) is 0.503. The second-order valence-corrected chi connectivity index (χ2v) is 4.89. The van der Waals surface area contributed by atoms with Gasteiger partial charge in [-0.05, 0) is 30.5 Å². The minimum absolute atomic E-state index is 0.222. The van der Waals surface area contributed by atoms with E-state index in [0.717, 1.165) is 18.4 Å². The summed E-state index contributed by atoms with van der Waals surface area (Å²) in [6.45, 7) is 3.86. The van der Waals surface area contributed by atoms with E-state index in [1.807, 2.05) is 6.07 Å². The Labute approximate surface area is 97.6 Å². The first kappa shape index (κ1) is 12.0. The molecule has 0 saturated heterocycles. The molecule has 0 fully saturated rings. The Kier molecular flexibility index (Phi) is 4.39. The Bertz CT molecular complexity index is 325. The van der Waals surface area contributed by atoms with Crippen LogP contribution in [-0.2, 0) is 0 Å². The molecule has 0 nitrogen and oxygen atoms in total. The molecular weight excluding hydrogens is 266 g/mol. The molecule has 0 spiro atoms.